The van der Waals surface area contributed by atoms with Gasteiger partial charge < -0.3 is 10.1 Å². The molecule has 0 aromatic heterocycles. The summed E-state index contributed by atoms with van der Waals surface area (Å²) in [5, 5.41) is 3.50. The van der Waals surface area contributed by atoms with Crippen LogP contribution in [-0.2, 0) is 11.3 Å². The van der Waals surface area contributed by atoms with Crippen LogP contribution < -0.4 is 5.32 Å². The van der Waals surface area contributed by atoms with Gasteiger partial charge >= 0.3 is 0 Å². The average Bonchev–Trinajstić information content (AvgIpc) is 2.77. The van der Waals surface area contributed by atoms with Crippen LogP contribution in [0.4, 0.5) is 5.69 Å². The molecule has 0 aliphatic carbocycles. The van der Waals surface area contributed by atoms with Crippen molar-refractivity contribution in [2.75, 3.05) is 31.6 Å². The summed E-state index contributed by atoms with van der Waals surface area (Å²) < 4.78 is 5.17. The normalized spacial score (nSPS) is 21.4. The van der Waals surface area contributed by atoms with E-state index in [1.54, 1.807) is 0 Å². The van der Waals surface area contributed by atoms with Gasteiger partial charge in [0.05, 0.1) is 19.3 Å². The molecule has 3 heteroatoms. The van der Waals surface area contributed by atoms with Gasteiger partial charge in [0.25, 0.3) is 0 Å². The van der Waals surface area contributed by atoms with Crippen molar-refractivity contribution in [3.05, 3.63) is 29.8 Å². The van der Waals surface area contributed by atoms with Gasteiger partial charge in [0.1, 0.15) is 0 Å². The highest BCUT2D eigenvalue weighted by atomic mass is 16.5. The number of hydrogen-bond acceptors (Lipinski definition) is 3. The van der Waals surface area contributed by atoms with Crippen molar-refractivity contribution in [1.29, 1.82) is 0 Å². The van der Waals surface area contributed by atoms with Gasteiger partial charge in [-0.3, -0.25) is 4.90 Å². The lowest BCUT2D eigenvalue weighted by atomic mass is 10.1. The van der Waals surface area contributed by atoms with E-state index < -0.39 is 0 Å². The van der Waals surface area contributed by atoms with Crippen molar-refractivity contribution in [2.24, 2.45) is 0 Å². The topological polar surface area (TPSA) is 24.5 Å². The number of rotatable bonds is 4. The molecular weight excluding hydrogens is 212 g/mol. The quantitative estimate of drug-likeness (QED) is 0.860. The lowest BCUT2D eigenvalue weighted by Crippen LogP contribution is -2.40. The summed E-state index contributed by atoms with van der Waals surface area (Å²) in [6.45, 7) is 5.30. The minimum atomic E-state index is 0.511. The molecule has 0 saturated carbocycles. The van der Waals surface area contributed by atoms with Crippen molar-refractivity contribution in [2.45, 2.75) is 25.4 Å². The van der Waals surface area contributed by atoms with E-state index in [0.29, 0.717) is 6.04 Å². The number of ether oxygens (including phenoxy) is 1. The van der Waals surface area contributed by atoms with Gasteiger partial charge in [-0.25, -0.2) is 0 Å². The molecule has 92 valence electrons. The number of nitrogens with zero attached hydrogens (tertiary/aromatic N) is 1. The summed E-state index contributed by atoms with van der Waals surface area (Å²) in [6.07, 6.45) is 2.72. The zero-order chi connectivity index (χ0) is 11.5. The number of benzene rings is 1. The molecule has 2 aliphatic heterocycles. The first kappa shape index (κ1) is 11.1. The first-order valence-electron chi connectivity index (χ1n) is 6.56. The molecule has 0 radical (unpaired) electrons. The van der Waals surface area contributed by atoms with E-state index in [1.807, 2.05) is 0 Å². The molecule has 0 bridgehead atoms. The van der Waals surface area contributed by atoms with Gasteiger partial charge in [-0.15, -0.1) is 0 Å². The van der Waals surface area contributed by atoms with Crippen LogP contribution in [0.1, 0.15) is 18.4 Å². The standard InChI is InChI=1S/C14H20N2O/c1-2-7-16(6-1)9-12-4-3-5-13(8-12)15-14-10-17-11-14/h3-5,8,14-15H,1-2,6-7,9-11H2. The molecule has 3 nitrogen and oxygen atoms in total. The number of likely N-dealkylation sites (tertiary alicyclic amines) is 1. The van der Waals surface area contributed by atoms with E-state index >= 15 is 0 Å². The maximum atomic E-state index is 5.17. The van der Waals surface area contributed by atoms with E-state index in [0.717, 1.165) is 19.8 Å². The maximum absolute atomic E-state index is 5.17. The van der Waals surface area contributed by atoms with Crippen LogP contribution in [0.2, 0.25) is 0 Å². The van der Waals surface area contributed by atoms with Crippen LogP contribution in [-0.4, -0.2) is 37.2 Å². The largest absolute Gasteiger partial charge is 0.378 e. The summed E-state index contributed by atoms with van der Waals surface area (Å²) in [5.74, 6) is 0. The molecule has 0 amide bonds. The lowest BCUT2D eigenvalue weighted by Gasteiger charge is -2.28. The third-order valence-electron chi connectivity index (χ3n) is 3.54. The molecule has 0 unspecified atom stereocenters. The molecule has 17 heavy (non-hydrogen) atoms. The van der Waals surface area contributed by atoms with Crippen molar-refractivity contribution >= 4 is 5.69 Å². The Morgan fingerprint density at radius 1 is 1.24 bits per heavy atom. The third kappa shape index (κ3) is 2.79. The van der Waals surface area contributed by atoms with Crippen molar-refractivity contribution in [3.8, 4) is 0 Å². The Labute approximate surface area is 103 Å². The van der Waals surface area contributed by atoms with Crippen LogP contribution in [0.25, 0.3) is 0 Å². The Morgan fingerprint density at radius 3 is 2.76 bits per heavy atom. The number of hydrogen-bond donors (Lipinski definition) is 1. The van der Waals surface area contributed by atoms with Crippen molar-refractivity contribution in [3.63, 3.8) is 0 Å². The van der Waals surface area contributed by atoms with Crippen LogP contribution >= 0.6 is 0 Å². The monoisotopic (exact) mass is 232 g/mol. The summed E-state index contributed by atoms with van der Waals surface area (Å²) in [7, 11) is 0. The molecule has 1 aromatic carbocycles. The minimum Gasteiger partial charge on any atom is -0.378 e. The highest BCUT2D eigenvalue weighted by Crippen LogP contribution is 2.17. The molecule has 2 fully saturated rings. The Morgan fingerprint density at radius 2 is 2.06 bits per heavy atom. The van der Waals surface area contributed by atoms with E-state index in [4.69, 9.17) is 4.74 Å². The van der Waals surface area contributed by atoms with E-state index in [-0.39, 0.29) is 0 Å². The smallest absolute Gasteiger partial charge is 0.0728 e. The fourth-order valence-corrected chi connectivity index (χ4v) is 2.51. The third-order valence-corrected chi connectivity index (χ3v) is 3.54. The minimum absolute atomic E-state index is 0.511. The fourth-order valence-electron chi connectivity index (χ4n) is 2.51. The highest BCUT2D eigenvalue weighted by Gasteiger charge is 2.18. The Bertz CT molecular complexity index is 370. The van der Waals surface area contributed by atoms with E-state index in [2.05, 4.69) is 34.5 Å². The molecule has 2 heterocycles. The lowest BCUT2D eigenvalue weighted by molar-refractivity contribution is 0.0211. The van der Waals surface area contributed by atoms with Gasteiger partial charge in [-0.2, -0.15) is 0 Å². The predicted molar refractivity (Wildman–Crippen MR) is 69.2 cm³/mol. The second kappa shape index (κ2) is 5.07. The second-order valence-electron chi connectivity index (χ2n) is 5.06. The Kier molecular flexibility index (Phi) is 3.29. The van der Waals surface area contributed by atoms with Crippen molar-refractivity contribution in [1.82, 2.24) is 4.90 Å². The fraction of sp³-hybridized carbons (Fsp3) is 0.571. The van der Waals surface area contributed by atoms with Crippen LogP contribution in [0.15, 0.2) is 24.3 Å². The van der Waals surface area contributed by atoms with Gasteiger partial charge in [0.2, 0.25) is 0 Å². The predicted octanol–water partition coefficient (Wildman–Crippen LogP) is 2.09. The van der Waals surface area contributed by atoms with Crippen LogP contribution in [0.3, 0.4) is 0 Å². The Balaban J connectivity index is 1.61. The first-order chi connectivity index (χ1) is 8.40. The zero-order valence-electron chi connectivity index (χ0n) is 10.2. The molecule has 0 spiro atoms. The van der Waals surface area contributed by atoms with Crippen LogP contribution in [0, 0.1) is 0 Å². The van der Waals surface area contributed by atoms with Gasteiger partial charge in [-0.05, 0) is 43.6 Å². The maximum Gasteiger partial charge on any atom is 0.0728 e. The van der Waals surface area contributed by atoms with Crippen LogP contribution in [0.5, 0.6) is 0 Å². The molecule has 3 rings (SSSR count). The second-order valence-corrected chi connectivity index (χ2v) is 5.06. The zero-order valence-corrected chi connectivity index (χ0v) is 10.2. The summed E-state index contributed by atoms with van der Waals surface area (Å²) in [6, 6.07) is 9.30. The van der Waals surface area contributed by atoms with Gasteiger partial charge in [0, 0.05) is 12.2 Å². The average molecular weight is 232 g/mol. The first-order valence-corrected chi connectivity index (χ1v) is 6.56. The van der Waals surface area contributed by atoms with Gasteiger partial charge in [0.15, 0.2) is 0 Å². The summed E-state index contributed by atoms with van der Waals surface area (Å²) in [4.78, 5) is 2.53. The number of nitrogens with one attached hydrogen (secondary N) is 1. The number of anilines is 1. The molecule has 2 aliphatic rings. The SMILES string of the molecule is c1cc(CN2CCCC2)cc(NC2COC2)c1. The van der Waals surface area contributed by atoms with E-state index in [1.165, 1.54) is 37.2 Å². The molecule has 1 N–H and O–H groups in total. The van der Waals surface area contributed by atoms with Crippen molar-refractivity contribution < 1.29 is 4.74 Å². The summed E-state index contributed by atoms with van der Waals surface area (Å²) in [5.41, 5.74) is 2.65. The molecule has 2 saturated heterocycles. The molecular formula is C14H20N2O. The molecule has 0 atom stereocenters. The Hall–Kier alpha value is -1.06. The summed E-state index contributed by atoms with van der Waals surface area (Å²) >= 11 is 0. The van der Waals surface area contributed by atoms with E-state index in [9.17, 15) is 0 Å². The highest BCUT2D eigenvalue weighted by molar-refractivity contribution is 5.46. The molecule has 1 aromatic rings. The van der Waals surface area contributed by atoms with Gasteiger partial charge in [-0.1, -0.05) is 12.1 Å².